The molecule has 0 bridgehead atoms. The van der Waals surface area contributed by atoms with Crippen molar-refractivity contribution in [2.24, 2.45) is 5.10 Å². The second kappa shape index (κ2) is 11.8. The highest BCUT2D eigenvalue weighted by molar-refractivity contribution is 8.00. The van der Waals surface area contributed by atoms with E-state index in [0.29, 0.717) is 10.8 Å². The third-order valence-electron chi connectivity index (χ3n) is 4.84. The van der Waals surface area contributed by atoms with E-state index in [0.717, 1.165) is 36.4 Å². The zero-order valence-electron chi connectivity index (χ0n) is 17.4. The number of ether oxygens (including phenoxy) is 1. The molecule has 1 saturated heterocycles. The fourth-order valence-electron chi connectivity index (χ4n) is 3.06. The van der Waals surface area contributed by atoms with Gasteiger partial charge in [0.25, 0.3) is 11.8 Å². The third kappa shape index (κ3) is 7.60. The molecule has 31 heavy (non-hydrogen) atoms. The van der Waals surface area contributed by atoms with E-state index in [-0.39, 0.29) is 23.7 Å². The largest absolute Gasteiger partial charge is 0.484 e. The van der Waals surface area contributed by atoms with Gasteiger partial charge in [0.15, 0.2) is 6.61 Å². The number of nitrogens with zero attached hydrogens (tertiary/aromatic N) is 2. The highest BCUT2D eigenvalue weighted by Gasteiger charge is 2.16. The average molecular weight is 460 g/mol. The molecule has 1 fully saturated rings. The van der Waals surface area contributed by atoms with Crippen molar-refractivity contribution in [1.82, 2.24) is 10.3 Å². The van der Waals surface area contributed by atoms with Gasteiger partial charge in [0.05, 0.1) is 11.5 Å². The average Bonchev–Trinajstić information content (AvgIpc) is 2.80. The number of thioether (sulfide) groups is 1. The lowest BCUT2D eigenvalue weighted by Crippen LogP contribution is -2.38. The molecule has 0 unspecified atom stereocenters. The molecular formula is C23H26ClN3O3S. The Labute approximate surface area is 192 Å². The predicted octanol–water partition coefficient (Wildman–Crippen LogP) is 4.36. The maximum atomic E-state index is 12.2. The van der Waals surface area contributed by atoms with Gasteiger partial charge in [0, 0.05) is 23.0 Å². The van der Waals surface area contributed by atoms with Gasteiger partial charge in [0.1, 0.15) is 5.75 Å². The number of carbonyl (C=O) groups is 2. The number of hydrogen-bond acceptors (Lipinski definition) is 5. The van der Waals surface area contributed by atoms with E-state index in [1.165, 1.54) is 18.2 Å². The van der Waals surface area contributed by atoms with Gasteiger partial charge in [-0.1, -0.05) is 11.6 Å². The Morgan fingerprint density at radius 3 is 2.48 bits per heavy atom. The number of nitrogens with one attached hydrogen (secondary N) is 1. The molecule has 164 valence electrons. The van der Waals surface area contributed by atoms with Crippen LogP contribution in [-0.4, -0.2) is 47.9 Å². The fourth-order valence-corrected chi connectivity index (χ4v) is 4.05. The molecule has 0 aliphatic carbocycles. The SMILES string of the molecule is C[C@@H](Sc1ccc(Cl)cc1)C(=O)N/N=C\c1ccc(OCC(=O)N2CCCCC2)cc1. The standard InChI is InChI=1S/C23H26ClN3O3S/c1-17(31-21-11-7-19(24)8-12-21)23(29)26-25-15-18-5-9-20(10-6-18)30-16-22(28)27-13-3-2-4-14-27/h5-12,15,17H,2-4,13-14,16H2,1H3,(H,26,29)/b25-15-/t17-/m1/s1. The lowest BCUT2D eigenvalue weighted by molar-refractivity contribution is -0.134. The number of benzene rings is 2. The second-order valence-corrected chi connectivity index (χ2v) is 9.10. The zero-order chi connectivity index (χ0) is 22.1. The van der Waals surface area contributed by atoms with E-state index in [2.05, 4.69) is 10.5 Å². The molecule has 3 rings (SSSR count). The first kappa shape index (κ1) is 23.2. The number of amides is 2. The van der Waals surface area contributed by atoms with Crippen LogP contribution in [-0.2, 0) is 9.59 Å². The van der Waals surface area contributed by atoms with Gasteiger partial charge in [-0.05, 0) is 80.3 Å². The second-order valence-electron chi connectivity index (χ2n) is 7.25. The maximum Gasteiger partial charge on any atom is 0.260 e. The topological polar surface area (TPSA) is 71.0 Å². The van der Waals surface area contributed by atoms with Crippen LogP contribution < -0.4 is 10.2 Å². The lowest BCUT2D eigenvalue weighted by atomic mass is 10.1. The van der Waals surface area contributed by atoms with E-state index in [4.69, 9.17) is 16.3 Å². The summed E-state index contributed by atoms with van der Waals surface area (Å²) >= 11 is 7.31. The van der Waals surface area contributed by atoms with Crippen LogP contribution in [0.4, 0.5) is 0 Å². The molecule has 0 aromatic heterocycles. The summed E-state index contributed by atoms with van der Waals surface area (Å²) in [6, 6.07) is 14.6. The van der Waals surface area contributed by atoms with Crippen molar-refractivity contribution in [3.63, 3.8) is 0 Å². The summed E-state index contributed by atoms with van der Waals surface area (Å²) in [4.78, 5) is 27.2. The molecule has 8 heteroatoms. The van der Waals surface area contributed by atoms with Gasteiger partial charge < -0.3 is 9.64 Å². The summed E-state index contributed by atoms with van der Waals surface area (Å²) in [6.45, 7) is 3.51. The molecule has 1 heterocycles. The lowest BCUT2D eigenvalue weighted by Gasteiger charge is -2.26. The van der Waals surface area contributed by atoms with Gasteiger partial charge >= 0.3 is 0 Å². The fraction of sp³-hybridized carbons (Fsp3) is 0.348. The van der Waals surface area contributed by atoms with Gasteiger partial charge in [-0.25, -0.2) is 5.43 Å². The van der Waals surface area contributed by atoms with Crippen LogP contribution >= 0.6 is 23.4 Å². The molecule has 0 spiro atoms. The number of hydrogen-bond donors (Lipinski definition) is 1. The van der Waals surface area contributed by atoms with Crippen molar-refractivity contribution < 1.29 is 14.3 Å². The van der Waals surface area contributed by atoms with Crippen LogP contribution in [0, 0.1) is 0 Å². The van der Waals surface area contributed by atoms with Crippen LogP contribution in [0.25, 0.3) is 0 Å². The molecule has 2 aromatic carbocycles. The maximum absolute atomic E-state index is 12.2. The Bertz CT molecular complexity index is 897. The molecule has 0 saturated carbocycles. The van der Waals surface area contributed by atoms with E-state index in [1.807, 2.05) is 36.1 Å². The molecule has 1 aliphatic rings. The first-order valence-corrected chi connectivity index (χ1v) is 11.5. The molecular weight excluding hydrogens is 434 g/mol. The normalized spacial score (nSPS) is 15.0. The van der Waals surface area contributed by atoms with E-state index < -0.39 is 0 Å². The highest BCUT2D eigenvalue weighted by atomic mass is 35.5. The first-order valence-electron chi connectivity index (χ1n) is 10.3. The number of hydrazone groups is 1. The summed E-state index contributed by atoms with van der Waals surface area (Å²) < 4.78 is 5.60. The van der Waals surface area contributed by atoms with Gasteiger partial charge in [-0.3, -0.25) is 9.59 Å². The van der Waals surface area contributed by atoms with Gasteiger partial charge in [-0.2, -0.15) is 5.10 Å². The van der Waals surface area contributed by atoms with Crippen LogP contribution in [0.1, 0.15) is 31.7 Å². The molecule has 1 aliphatic heterocycles. The Hall–Kier alpha value is -2.51. The van der Waals surface area contributed by atoms with Crippen molar-refractivity contribution in [3.8, 4) is 5.75 Å². The van der Waals surface area contributed by atoms with Crippen LogP contribution in [0.15, 0.2) is 58.5 Å². The Morgan fingerprint density at radius 1 is 1.13 bits per heavy atom. The van der Waals surface area contributed by atoms with Crippen molar-refractivity contribution in [2.45, 2.75) is 36.3 Å². The third-order valence-corrected chi connectivity index (χ3v) is 6.20. The van der Waals surface area contributed by atoms with Crippen molar-refractivity contribution in [2.75, 3.05) is 19.7 Å². The first-order chi connectivity index (χ1) is 15.0. The number of piperidine rings is 1. The van der Waals surface area contributed by atoms with Crippen molar-refractivity contribution in [1.29, 1.82) is 0 Å². The minimum atomic E-state index is -0.299. The van der Waals surface area contributed by atoms with Crippen LogP contribution in [0.5, 0.6) is 5.75 Å². The summed E-state index contributed by atoms with van der Waals surface area (Å²) in [5.74, 6) is 0.463. The number of likely N-dealkylation sites (tertiary alicyclic amines) is 1. The summed E-state index contributed by atoms with van der Waals surface area (Å²) in [5.41, 5.74) is 3.37. The molecule has 1 atom stereocenters. The Kier molecular flexibility index (Phi) is 8.79. The van der Waals surface area contributed by atoms with Crippen molar-refractivity contribution in [3.05, 3.63) is 59.1 Å². The van der Waals surface area contributed by atoms with Gasteiger partial charge in [-0.15, -0.1) is 11.8 Å². The molecule has 6 nitrogen and oxygen atoms in total. The smallest absolute Gasteiger partial charge is 0.260 e. The highest BCUT2D eigenvalue weighted by Crippen LogP contribution is 2.24. The zero-order valence-corrected chi connectivity index (χ0v) is 19.0. The van der Waals surface area contributed by atoms with Crippen molar-refractivity contribution >= 4 is 41.4 Å². The number of halogens is 1. The number of carbonyl (C=O) groups excluding carboxylic acids is 2. The van der Waals surface area contributed by atoms with Gasteiger partial charge in [0.2, 0.25) is 0 Å². The van der Waals surface area contributed by atoms with E-state index in [9.17, 15) is 9.59 Å². The number of rotatable bonds is 8. The summed E-state index contributed by atoms with van der Waals surface area (Å²) in [5, 5.41) is 4.39. The molecule has 1 N–H and O–H groups in total. The molecule has 2 aromatic rings. The van der Waals surface area contributed by atoms with Crippen LogP contribution in [0.3, 0.4) is 0 Å². The van der Waals surface area contributed by atoms with E-state index in [1.54, 1.807) is 30.5 Å². The quantitative estimate of drug-likeness (QED) is 0.361. The molecule has 0 radical (unpaired) electrons. The predicted molar refractivity (Wildman–Crippen MR) is 125 cm³/mol. The minimum absolute atomic E-state index is 0.0265. The Morgan fingerprint density at radius 2 is 1.81 bits per heavy atom. The summed E-state index contributed by atoms with van der Waals surface area (Å²) in [7, 11) is 0. The van der Waals surface area contributed by atoms with E-state index >= 15 is 0 Å². The minimum Gasteiger partial charge on any atom is -0.484 e. The summed E-state index contributed by atoms with van der Waals surface area (Å²) in [6.07, 6.45) is 4.89. The Balaban J connectivity index is 1.41. The van der Waals surface area contributed by atoms with Crippen LogP contribution in [0.2, 0.25) is 5.02 Å². The molecule has 2 amide bonds. The monoisotopic (exact) mass is 459 g/mol.